The zero-order valence-corrected chi connectivity index (χ0v) is 11.5. The minimum atomic E-state index is -0.340. The quantitative estimate of drug-likeness (QED) is 0.520. The molecule has 1 aliphatic heterocycles. The molecular weight excluding hydrogens is 329 g/mol. The Kier molecular flexibility index (Phi) is 4.42. The molecule has 0 aliphatic carbocycles. The molecule has 3 nitrogen and oxygen atoms in total. The second-order valence-electron chi connectivity index (χ2n) is 3.87. The number of rotatable bonds is 3. The second kappa shape index (κ2) is 6.05. The molecule has 90 valence electrons. The Hall–Kier alpha value is -1.04. The van der Waals surface area contributed by atoms with Crippen molar-refractivity contribution >= 4 is 28.7 Å². The van der Waals surface area contributed by atoms with Gasteiger partial charge in [0.2, 0.25) is 0 Å². The minimum Gasteiger partial charge on any atom is -0.442 e. The van der Waals surface area contributed by atoms with E-state index in [1.165, 1.54) is 0 Å². The highest BCUT2D eigenvalue weighted by atomic mass is 127. The first-order valence-corrected chi connectivity index (χ1v) is 7.07. The van der Waals surface area contributed by atoms with Crippen LogP contribution in [0, 0.1) is 0 Å². The standard InChI is InChI=1S/C13H14INO2/c14-8-4-7-11-9-12(15-13(16)17-11)10-5-2-1-3-6-10/h1-7,11-12H,8-9H2,(H,15,16)/b7-4+/t11-,12-/m1/s1. The first-order chi connectivity index (χ1) is 8.29. The molecule has 1 amide bonds. The summed E-state index contributed by atoms with van der Waals surface area (Å²) < 4.78 is 6.13. The van der Waals surface area contributed by atoms with Gasteiger partial charge in [-0.25, -0.2) is 4.79 Å². The van der Waals surface area contributed by atoms with Crippen LogP contribution in [-0.2, 0) is 4.74 Å². The molecule has 1 aromatic rings. The van der Waals surface area contributed by atoms with Crippen molar-refractivity contribution in [3.63, 3.8) is 0 Å². The zero-order chi connectivity index (χ0) is 12.1. The summed E-state index contributed by atoms with van der Waals surface area (Å²) in [6, 6.07) is 10.0. The van der Waals surface area contributed by atoms with E-state index in [1.807, 2.05) is 42.5 Å². The van der Waals surface area contributed by atoms with E-state index in [2.05, 4.69) is 27.9 Å². The molecule has 4 heteroatoms. The van der Waals surface area contributed by atoms with Gasteiger partial charge in [0.15, 0.2) is 0 Å². The molecule has 2 atom stereocenters. The van der Waals surface area contributed by atoms with E-state index >= 15 is 0 Å². The zero-order valence-electron chi connectivity index (χ0n) is 9.30. The van der Waals surface area contributed by atoms with Crippen LogP contribution in [0.4, 0.5) is 4.79 Å². The number of allylic oxidation sites excluding steroid dienone is 1. The maximum Gasteiger partial charge on any atom is 0.408 e. The lowest BCUT2D eigenvalue weighted by molar-refractivity contribution is 0.0822. The van der Waals surface area contributed by atoms with Crippen LogP contribution in [0.2, 0.25) is 0 Å². The number of hydrogen-bond donors (Lipinski definition) is 1. The van der Waals surface area contributed by atoms with Crippen LogP contribution in [0.25, 0.3) is 0 Å². The van der Waals surface area contributed by atoms with E-state index in [4.69, 9.17) is 4.74 Å². The van der Waals surface area contributed by atoms with Gasteiger partial charge in [-0.1, -0.05) is 59.0 Å². The molecule has 1 saturated heterocycles. The van der Waals surface area contributed by atoms with E-state index in [0.29, 0.717) is 0 Å². The molecule has 0 radical (unpaired) electrons. The number of halogens is 1. The fourth-order valence-corrected chi connectivity index (χ4v) is 2.17. The number of cyclic esters (lactones) is 1. The number of amides is 1. The van der Waals surface area contributed by atoms with E-state index in [-0.39, 0.29) is 18.2 Å². The highest BCUT2D eigenvalue weighted by Gasteiger charge is 2.26. The van der Waals surface area contributed by atoms with Gasteiger partial charge in [-0.05, 0) is 11.6 Å². The lowest BCUT2D eigenvalue weighted by atomic mass is 9.99. The molecule has 0 spiro atoms. The second-order valence-corrected chi connectivity index (χ2v) is 4.75. The summed E-state index contributed by atoms with van der Waals surface area (Å²) in [7, 11) is 0. The third-order valence-corrected chi connectivity index (χ3v) is 3.17. The Bertz CT molecular complexity index is 405. The van der Waals surface area contributed by atoms with Crippen molar-refractivity contribution < 1.29 is 9.53 Å². The number of nitrogens with one attached hydrogen (secondary N) is 1. The summed E-state index contributed by atoms with van der Waals surface area (Å²) in [4.78, 5) is 11.5. The topological polar surface area (TPSA) is 38.3 Å². The van der Waals surface area contributed by atoms with Gasteiger partial charge in [-0.3, -0.25) is 0 Å². The van der Waals surface area contributed by atoms with Crippen LogP contribution in [0.5, 0.6) is 0 Å². The highest BCUT2D eigenvalue weighted by molar-refractivity contribution is 14.1. The Morgan fingerprint density at radius 2 is 2.18 bits per heavy atom. The summed E-state index contributed by atoms with van der Waals surface area (Å²) in [6.07, 6.45) is 4.30. The Balaban J connectivity index is 2.09. The molecule has 1 heterocycles. The summed E-state index contributed by atoms with van der Waals surface area (Å²) >= 11 is 2.26. The number of hydrogen-bond acceptors (Lipinski definition) is 2. The third kappa shape index (κ3) is 3.46. The molecule has 0 unspecified atom stereocenters. The molecule has 1 aromatic carbocycles. The van der Waals surface area contributed by atoms with E-state index in [0.717, 1.165) is 16.4 Å². The molecule has 0 saturated carbocycles. The molecule has 1 aliphatic rings. The third-order valence-electron chi connectivity index (χ3n) is 2.66. The van der Waals surface area contributed by atoms with Crippen LogP contribution in [0.15, 0.2) is 42.5 Å². The fraction of sp³-hybridized carbons (Fsp3) is 0.308. The predicted octanol–water partition coefficient (Wildman–Crippen LogP) is 3.22. The number of carbonyl (C=O) groups excluding carboxylic acids is 1. The van der Waals surface area contributed by atoms with Crippen molar-refractivity contribution in [3.05, 3.63) is 48.0 Å². The predicted molar refractivity (Wildman–Crippen MR) is 75.2 cm³/mol. The van der Waals surface area contributed by atoms with Crippen molar-refractivity contribution in [3.8, 4) is 0 Å². The molecule has 2 rings (SSSR count). The van der Waals surface area contributed by atoms with Crippen molar-refractivity contribution in [2.45, 2.75) is 18.6 Å². The first-order valence-electron chi connectivity index (χ1n) is 5.54. The average Bonchev–Trinajstić information content (AvgIpc) is 2.37. The summed E-state index contributed by atoms with van der Waals surface area (Å²) in [6.45, 7) is 0. The molecule has 0 bridgehead atoms. The number of carbonyl (C=O) groups is 1. The Morgan fingerprint density at radius 1 is 1.41 bits per heavy atom. The summed E-state index contributed by atoms with van der Waals surface area (Å²) in [5.41, 5.74) is 1.12. The molecule has 1 N–H and O–H groups in total. The van der Waals surface area contributed by atoms with Gasteiger partial charge in [0.05, 0.1) is 6.04 Å². The van der Waals surface area contributed by atoms with E-state index in [9.17, 15) is 4.79 Å². The fourth-order valence-electron chi connectivity index (χ4n) is 1.88. The van der Waals surface area contributed by atoms with Crippen molar-refractivity contribution in [1.29, 1.82) is 0 Å². The van der Waals surface area contributed by atoms with E-state index in [1.54, 1.807) is 0 Å². The molecule has 0 aromatic heterocycles. The van der Waals surface area contributed by atoms with Gasteiger partial charge in [-0.15, -0.1) is 0 Å². The van der Waals surface area contributed by atoms with Gasteiger partial charge < -0.3 is 10.1 Å². The monoisotopic (exact) mass is 343 g/mol. The van der Waals surface area contributed by atoms with Crippen LogP contribution in [0.3, 0.4) is 0 Å². The number of alkyl halides is 1. The first kappa shape index (κ1) is 12.4. The normalized spacial score (nSPS) is 24.4. The average molecular weight is 343 g/mol. The molecule has 17 heavy (non-hydrogen) atoms. The molecular formula is C13H14INO2. The lowest BCUT2D eigenvalue weighted by Gasteiger charge is -2.28. The maximum absolute atomic E-state index is 11.5. The minimum absolute atomic E-state index is 0.0429. The van der Waals surface area contributed by atoms with Crippen LogP contribution >= 0.6 is 22.6 Å². The van der Waals surface area contributed by atoms with Gasteiger partial charge >= 0.3 is 6.09 Å². The summed E-state index contributed by atoms with van der Waals surface area (Å²) in [5, 5.41) is 2.84. The molecule has 1 fully saturated rings. The van der Waals surface area contributed by atoms with Crippen molar-refractivity contribution in [2.24, 2.45) is 0 Å². The van der Waals surface area contributed by atoms with Gasteiger partial charge in [0.1, 0.15) is 6.10 Å². The van der Waals surface area contributed by atoms with Crippen LogP contribution in [-0.4, -0.2) is 16.6 Å². The largest absolute Gasteiger partial charge is 0.442 e. The Labute approximate surface area is 114 Å². The summed E-state index contributed by atoms with van der Waals surface area (Å²) in [5.74, 6) is 0. The SMILES string of the molecule is O=C1N[C@@H](c2ccccc2)C[C@@H](/C=C/CI)O1. The number of benzene rings is 1. The highest BCUT2D eigenvalue weighted by Crippen LogP contribution is 2.24. The lowest BCUT2D eigenvalue weighted by Crippen LogP contribution is -2.39. The van der Waals surface area contributed by atoms with Gasteiger partial charge in [0, 0.05) is 10.8 Å². The van der Waals surface area contributed by atoms with Crippen molar-refractivity contribution in [2.75, 3.05) is 4.43 Å². The van der Waals surface area contributed by atoms with E-state index < -0.39 is 0 Å². The van der Waals surface area contributed by atoms with Crippen LogP contribution in [0.1, 0.15) is 18.0 Å². The number of alkyl carbamates (subject to hydrolysis) is 1. The maximum atomic E-state index is 11.5. The van der Waals surface area contributed by atoms with Crippen molar-refractivity contribution in [1.82, 2.24) is 5.32 Å². The van der Waals surface area contributed by atoms with Gasteiger partial charge in [-0.2, -0.15) is 0 Å². The Morgan fingerprint density at radius 3 is 2.88 bits per heavy atom. The van der Waals surface area contributed by atoms with Gasteiger partial charge in [0.25, 0.3) is 0 Å². The number of ether oxygens (including phenoxy) is 1. The van der Waals surface area contributed by atoms with Crippen LogP contribution < -0.4 is 5.32 Å². The smallest absolute Gasteiger partial charge is 0.408 e.